The van der Waals surface area contributed by atoms with Crippen molar-refractivity contribution in [3.8, 4) is 0 Å². The van der Waals surface area contributed by atoms with Crippen LogP contribution in [0.1, 0.15) is 18.1 Å². The van der Waals surface area contributed by atoms with Crippen LogP contribution in [0.15, 0.2) is 54.6 Å². The molecule has 1 saturated heterocycles. The van der Waals surface area contributed by atoms with Crippen molar-refractivity contribution in [1.29, 1.82) is 0 Å². The maximum absolute atomic E-state index is 6.07. The molecule has 1 aliphatic heterocycles. The van der Waals surface area contributed by atoms with E-state index in [9.17, 15) is 0 Å². The minimum absolute atomic E-state index is 0. The van der Waals surface area contributed by atoms with Gasteiger partial charge in [0.1, 0.15) is 5.60 Å². The van der Waals surface area contributed by atoms with E-state index in [0.29, 0.717) is 0 Å². The first-order valence-electron chi connectivity index (χ1n) is 7.32. The van der Waals surface area contributed by atoms with Crippen molar-refractivity contribution in [3.05, 3.63) is 70.7 Å². The molecule has 2 aromatic rings. The molecule has 118 valence electrons. The average Bonchev–Trinajstić information content (AvgIpc) is 2.49. The Morgan fingerprint density at radius 3 is 2.45 bits per heavy atom. The largest absolute Gasteiger partial charge is 0.368 e. The quantitative estimate of drug-likeness (QED) is 0.816. The number of hydrogen-bond acceptors (Lipinski definition) is 2. The minimum Gasteiger partial charge on any atom is -0.368 e. The van der Waals surface area contributed by atoms with Gasteiger partial charge in [-0.15, -0.1) is 12.4 Å². The van der Waals surface area contributed by atoms with Gasteiger partial charge >= 0.3 is 0 Å². The van der Waals surface area contributed by atoms with Gasteiger partial charge in [0.25, 0.3) is 0 Å². The van der Waals surface area contributed by atoms with Crippen molar-refractivity contribution >= 4 is 24.0 Å². The van der Waals surface area contributed by atoms with E-state index in [1.54, 1.807) is 0 Å². The maximum atomic E-state index is 6.07. The third-order valence-corrected chi connectivity index (χ3v) is 4.31. The predicted octanol–water partition coefficient (Wildman–Crippen LogP) is 4.51. The Labute approximate surface area is 143 Å². The van der Waals surface area contributed by atoms with Gasteiger partial charge in [-0.05, 0) is 30.2 Å². The molecule has 0 spiro atoms. The molecular weight excluding hydrogens is 317 g/mol. The molecule has 1 unspecified atom stereocenters. The molecule has 0 aromatic heterocycles. The van der Waals surface area contributed by atoms with Crippen molar-refractivity contribution < 1.29 is 4.74 Å². The highest BCUT2D eigenvalue weighted by atomic mass is 35.5. The second kappa shape index (κ2) is 7.47. The highest BCUT2D eigenvalue weighted by Gasteiger charge is 2.33. The Morgan fingerprint density at radius 1 is 1.09 bits per heavy atom. The van der Waals surface area contributed by atoms with Crippen molar-refractivity contribution in [2.24, 2.45) is 0 Å². The lowest BCUT2D eigenvalue weighted by Crippen LogP contribution is -2.47. The first kappa shape index (κ1) is 17.3. The fraction of sp³-hybridized carbons (Fsp3) is 0.333. The van der Waals surface area contributed by atoms with Crippen molar-refractivity contribution in [3.63, 3.8) is 0 Å². The molecule has 0 amide bonds. The smallest absolute Gasteiger partial charge is 0.103 e. The summed E-state index contributed by atoms with van der Waals surface area (Å²) >= 11 is 5.98. The average molecular weight is 338 g/mol. The highest BCUT2D eigenvalue weighted by Crippen LogP contribution is 2.30. The van der Waals surface area contributed by atoms with Gasteiger partial charge in [0, 0.05) is 24.7 Å². The summed E-state index contributed by atoms with van der Waals surface area (Å²) in [7, 11) is 0. The summed E-state index contributed by atoms with van der Waals surface area (Å²) in [6.45, 7) is 5.74. The standard InChI is InChI=1S/C18H20ClNO.ClH/c1-18(16-7-9-17(19)10-8-16)14-20(11-12-21-18)13-15-5-3-2-4-6-15;/h2-10H,11-14H2,1H3;1H. The number of benzene rings is 2. The van der Waals surface area contributed by atoms with Crippen LogP contribution >= 0.6 is 24.0 Å². The molecule has 2 nitrogen and oxygen atoms in total. The first-order valence-corrected chi connectivity index (χ1v) is 7.70. The lowest BCUT2D eigenvalue weighted by atomic mass is 9.93. The van der Waals surface area contributed by atoms with E-state index in [1.807, 2.05) is 12.1 Å². The van der Waals surface area contributed by atoms with Crippen LogP contribution in [0.5, 0.6) is 0 Å². The van der Waals surface area contributed by atoms with Crippen molar-refractivity contribution in [2.75, 3.05) is 19.7 Å². The third-order valence-electron chi connectivity index (χ3n) is 4.06. The van der Waals surface area contributed by atoms with Crippen molar-refractivity contribution in [1.82, 2.24) is 4.90 Å². The SMILES string of the molecule is CC1(c2ccc(Cl)cc2)CN(Cc2ccccc2)CCO1.Cl. The summed E-state index contributed by atoms with van der Waals surface area (Å²) in [6, 6.07) is 18.6. The fourth-order valence-corrected chi connectivity index (χ4v) is 3.03. The molecule has 1 atom stereocenters. The zero-order valence-electron chi connectivity index (χ0n) is 12.7. The monoisotopic (exact) mass is 337 g/mol. The Bertz CT molecular complexity index is 588. The zero-order valence-corrected chi connectivity index (χ0v) is 14.2. The minimum atomic E-state index is -0.266. The van der Waals surface area contributed by atoms with Crippen LogP contribution in [0.3, 0.4) is 0 Å². The first-order chi connectivity index (χ1) is 10.2. The molecule has 0 N–H and O–H groups in total. The van der Waals surface area contributed by atoms with Gasteiger partial charge in [0.2, 0.25) is 0 Å². The number of hydrogen-bond donors (Lipinski definition) is 0. The molecule has 0 saturated carbocycles. The van der Waals surface area contributed by atoms with Crippen molar-refractivity contribution in [2.45, 2.75) is 19.1 Å². The Kier molecular flexibility index (Phi) is 5.87. The van der Waals surface area contributed by atoms with E-state index in [2.05, 4.69) is 54.3 Å². The van der Waals surface area contributed by atoms with Crippen LogP contribution < -0.4 is 0 Å². The van der Waals surface area contributed by atoms with Gasteiger partial charge in [-0.2, -0.15) is 0 Å². The lowest BCUT2D eigenvalue weighted by Gasteiger charge is -2.41. The number of rotatable bonds is 3. The van der Waals surface area contributed by atoms with Crippen LogP contribution in [-0.4, -0.2) is 24.6 Å². The Balaban J connectivity index is 0.00000176. The van der Waals surface area contributed by atoms with Gasteiger partial charge in [-0.1, -0.05) is 54.1 Å². The van der Waals surface area contributed by atoms with E-state index < -0.39 is 0 Å². The number of ether oxygens (including phenoxy) is 1. The summed E-state index contributed by atoms with van der Waals surface area (Å²) in [5.74, 6) is 0. The van der Waals surface area contributed by atoms with E-state index >= 15 is 0 Å². The van der Waals surface area contributed by atoms with Crippen LogP contribution in [0.4, 0.5) is 0 Å². The maximum Gasteiger partial charge on any atom is 0.103 e. The topological polar surface area (TPSA) is 12.5 Å². The molecular formula is C18H21Cl2NO. The van der Waals surface area contributed by atoms with Gasteiger partial charge in [-0.3, -0.25) is 4.90 Å². The molecule has 0 aliphatic carbocycles. The van der Waals surface area contributed by atoms with Crippen LogP contribution in [0.2, 0.25) is 5.02 Å². The number of halogens is 2. The molecule has 0 radical (unpaired) electrons. The van der Waals surface area contributed by atoms with E-state index in [1.165, 1.54) is 11.1 Å². The molecule has 4 heteroatoms. The second-order valence-corrected chi connectivity index (χ2v) is 6.22. The molecule has 22 heavy (non-hydrogen) atoms. The Morgan fingerprint density at radius 2 is 1.77 bits per heavy atom. The molecule has 1 heterocycles. The zero-order chi connectivity index (χ0) is 14.7. The van der Waals surface area contributed by atoms with E-state index in [4.69, 9.17) is 16.3 Å². The fourth-order valence-electron chi connectivity index (χ4n) is 2.91. The summed E-state index contributed by atoms with van der Waals surface area (Å²) in [5.41, 5.74) is 2.26. The van der Waals surface area contributed by atoms with Gasteiger partial charge in [0.15, 0.2) is 0 Å². The van der Waals surface area contributed by atoms with Crippen LogP contribution in [0, 0.1) is 0 Å². The summed E-state index contributed by atoms with van der Waals surface area (Å²) in [4.78, 5) is 2.45. The molecule has 1 fully saturated rings. The lowest BCUT2D eigenvalue weighted by molar-refractivity contribution is -0.105. The van der Waals surface area contributed by atoms with Gasteiger partial charge in [0.05, 0.1) is 6.61 Å². The third kappa shape index (κ3) is 4.02. The van der Waals surface area contributed by atoms with Crippen LogP contribution in [-0.2, 0) is 16.9 Å². The molecule has 0 bridgehead atoms. The normalized spacial score (nSPS) is 22.1. The number of morpholine rings is 1. The van der Waals surface area contributed by atoms with Gasteiger partial charge in [-0.25, -0.2) is 0 Å². The van der Waals surface area contributed by atoms with Gasteiger partial charge < -0.3 is 4.74 Å². The molecule has 3 rings (SSSR count). The van der Waals surface area contributed by atoms with E-state index in [0.717, 1.165) is 31.3 Å². The Hall–Kier alpha value is -1.06. The number of nitrogens with zero attached hydrogens (tertiary/aromatic N) is 1. The van der Waals surface area contributed by atoms with E-state index in [-0.39, 0.29) is 18.0 Å². The molecule has 2 aromatic carbocycles. The van der Waals surface area contributed by atoms with Crippen LogP contribution in [0.25, 0.3) is 0 Å². The predicted molar refractivity (Wildman–Crippen MR) is 93.7 cm³/mol. The molecule has 1 aliphatic rings. The highest BCUT2D eigenvalue weighted by molar-refractivity contribution is 6.30. The second-order valence-electron chi connectivity index (χ2n) is 5.78. The summed E-state index contributed by atoms with van der Waals surface area (Å²) < 4.78 is 6.07. The summed E-state index contributed by atoms with van der Waals surface area (Å²) in [6.07, 6.45) is 0. The summed E-state index contributed by atoms with van der Waals surface area (Å²) in [5, 5.41) is 0.763.